The minimum Gasteiger partial charge on any atom is -0.381 e. The highest BCUT2D eigenvalue weighted by molar-refractivity contribution is 14.0. The van der Waals surface area contributed by atoms with Gasteiger partial charge in [0.25, 0.3) is 0 Å². The number of halogens is 1. The highest BCUT2D eigenvalue weighted by Gasteiger charge is 2.14. The first kappa shape index (κ1) is 26.6. The second-order valence-corrected chi connectivity index (χ2v) is 8.00. The Bertz CT molecular complexity index is 819. The van der Waals surface area contributed by atoms with Gasteiger partial charge >= 0.3 is 0 Å². The number of aliphatic imine (C=N–C) groups is 1. The van der Waals surface area contributed by atoms with E-state index in [1.54, 1.807) is 0 Å². The third-order valence-corrected chi connectivity index (χ3v) is 5.63. The highest BCUT2D eigenvalue weighted by atomic mass is 127. The van der Waals surface area contributed by atoms with Crippen LogP contribution in [0.3, 0.4) is 0 Å². The van der Waals surface area contributed by atoms with Crippen LogP contribution in [0.2, 0.25) is 0 Å². The van der Waals surface area contributed by atoms with Gasteiger partial charge < -0.3 is 20.1 Å². The molecule has 7 nitrogen and oxygen atoms in total. The summed E-state index contributed by atoms with van der Waals surface area (Å²) in [4.78, 5) is 4.79. The molecule has 3 rings (SSSR count). The Morgan fingerprint density at radius 1 is 1.19 bits per heavy atom. The number of aromatic nitrogens is 2. The first-order chi connectivity index (χ1) is 15.2. The van der Waals surface area contributed by atoms with Crippen molar-refractivity contribution in [2.24, 2.45) is 10.9 Å². The summed E-state index contributed by atoms with van der Waals surface area (Å²) in [5.41, 5.74) is 4.39. The quantitative estimate of drug-likeness (QED) is 0.201. The van der Waals surface area contributed by atoms with Crippen LogP contribution in [-0.2, 0) is 16.0 Å². The van der Waals surface area contributed by atoms with Gasteiger partial charge in [-0.1, -0.05) is 18.2 Å². The Labute approximate surface area is 209 Å². The lowest BCUT2D eigenvalue weighted by atomic mass is 10.0. The van der Waals surface area contributed by atoms with E-state index in [9.17, 15) is 0 Å². The van der Waals surface area contributed by atoms with E-state index in [-0.39, 0.29) is 24.0 Å². The summed E-state index contributed by atoms with van der Waals surface area (Å²) < 4.78 is 13.2. The molecule has 0 atom stereocenters. The molecule has 1 aromatic carbocycles. The molecule has 0 radical (unpaired) electrons. The molecule has 0 aliphatic carbocycles. The Kier molecular flexibility index (Phi) is 12.0. The van der Waals surface area contributed by atoms with Gasteiger partial charge in [0, 0.05) is 50.8 Å². The molecule has 1 aromatic heterocycles. The summed E-state index contributed by atoms with van der Waals surface area (Å²) in [6.45, 7) is 11.9. The van der Waals surface area contributed by atoms with Crippen molar-refractivity contribution in [1.29, 1.82) is 0 Å². The predicted molar refractivity (Wildman–Crippen MR) is 140 cm³/mol. The van der Waals surface area contributed by atoms with Crippen molar-refractivity contribution in [2.75, 3.05) is 39.5 Å². The van der Waals surface area contributed by atoms with Gasteiger partial charge in [0.1, 0.15) is 0 Å². The molecule has 2 aromatic rings. The summed E-state index contributed by atoms with van der Waals surface area (Å²) in [5.74, 6) is 1.49. The maximum atomic E-state index is 5.85. The standard InChI is InChI=1S/C24H37N5O2.HI/c1-4-25-24(26-13-8-14-31-18-21-11-15-30-16-12-21)27-17-23-19(2)28-29(20(23)3)22-9-6-5-7-10-22;/h5-7,9-10,21H,4,8,11-18H2,1-3H3,(H2,25,26,27);1H. The normalized spacial score (nSPS) is 14.8. The first-order valence-electron chi connectivity index (χ1n) is 11.5. The van der Waals surface area contributed by atoms with Crippen molar-refractivity contribution in [3.05, 3.63) is 47.3 Å². The molecule has 2 heterocycles. The fourth-order valence-corrected chi connectivity index (χ4v) is 3.77. The minimum atomic E-state index is 0. The molecule has 0 unspecified atom stereocenters. The van der Waals surface area contributed by atoms with Crippen LogP contribution in [0.15, 0.2) is 35.3 Å². The third-order valence-electron chi connectivity index (χ3n) is 5.63. The van der Waals surface area contributed by atoms with Crippen molar-refractivity contribution < 1.29 is 9.47 Å². The van der Waals surface area contributed by atoms with Crippen molar-refractivity contribution >= 4 is 29.9 Å². The van der Waals surface area contributed by atoms with E-state index in [4.69, 9.17) is 19.6 Å². The zero-order valence-corrected chi connectivity index (χ0v) is 21.9. The van der Waals surface area contributed by atoms with Gasteiger partial charge in [-0.25, -0.2) is 9.67 Å². The summed E-state index contributed by atoms with van der Waals surface area (Å²) in [6, 6.07) is 10.2. The van der Waals surface area contributed by atoms with Crippen LogP contribution in [0.5, 0.6) is 0 Å². The second kappa shape index (κ2) is 14.5. The van der Waals surface area contributed by atoms with Gasteiger partial charge in [-0.05, 0) is 58.1 Å². The first-order valence-corrected chi connectivity index (χ1v) is 11.5. The SMILES string of the molecule is CCNC(=NCc1c(C)nn(-c2ccccc2)c1C)NCCCOCC1CCOCC1.I. The molecule has 0 bridgehead atoms. The molecule has 2 N–H and O–H groups in total. The number of hydrogen-bond donors (Lipinski definition) is 2. The molecule has 178 valence electrons. The number of benzene rings is 1. The molecular weight excluding hydrogens is 517 g/mol. The van der Waals surface area contributed by atoms with Crippen LogP contribution in [0.25, 0.3) is 5.69 Å². The van der Waals surface area contributed by atoms with E-state index in [2.05, 4.69) is 36.6 Å². The molecule has 1 saturated heterocycles. The molecule has 0 saturated carbocycles. The molecule has 0 spiro atoms. The molecule has 1 fully saturated rings. The number of guanidine groups is 1. The fourth-order valence-electron chi connectivity index (χ4n) is 3.77. The average Bonchev–Trinajstić information content (AvgIpc) is 3.09. The van der Waals surface area contributed by atoms with Crippen molar-refractivity contribution in [3.63, 3.8) is 0 Å². The van der Waals surface area contributed by atoms with Gasteiger partial charge in [-0.15, -0.1) is 24.0 Å². The van der Waals surface area contributed by atoms with E-state index in [0.29, 0.717) is 12.5 Å². The number of nitrogens with zero attached hydrogens (tertiary/aromatic N) is 3. The summed E-state index contributed by atoms with van der Waals surface area (Å²) in [7, 11) is 0. The molecule has 8 heteroatoms. The molecule has 1 aliphatic heterocycles. The fraction of sp³-hybridized carbons (Fsp3) is 0.583. The smallest absolute Gasteiger partial charge is 0.191 e. The molecule has 0 amide bonds. The number of ether oxygens (including phenoxy) is 2. The van der Waals surface area contributed by atoms with Crippen LogP contribution in [-0.4, -0.2) is 55.3 Å². The lowest BCUT2D eigenvalue weighted by Crippen LogP contribution is -2.38. The van der Waals surface area contributed by atoms with Gasteiger partial charge in [-0.2, -0.15) is 5.10 Å². The van der Waals surface area contributed by atoms with Crippen molar-refractivity contribution in [3.8, 4) is 5.69 Å². The van der Waals surface area contributed by atoms with E-state index < -0.39 is 0 Å². The number of rotatable bonds is 10. The topological polar surface area (TPSA) is 72.7 Å². The number of para-hydroxylation sites is 1. The van der Waals surface area contributed by atoms with Crippen LogP contribution < -0.4 is 10.6 Å². The van der Waals surface area contributed by atoms with E-state index in [0.717, 1.165) is 81.8 Å². The van der Waals surface area contributed by atoms with Gasteiger partial charge in [0.2, 0.25) is 0 Å². The van der Waals surface area contributed by atoms with Crippen LogP contribution in [0, 0.1) is 19.8 Å². The van der Waals surface area contributed by atoms with Crippen molar-refractivity contribution in [1.82, 2.24) is 20.4 Å². The lowest BCUT2D eigenvalue weighted by molar-refractivity contribution is 0.0203. The molecule has 1 aliphatic rings. The zero-order valence-electron chi connectivity index (χ0n) is 19.6. The number of aryl methyl sites for hydroxylation is 1. The van der Waals surface area contributed by atoms with Crippen LogP contribution in [0.4, 0.5) is 0 Å². The molecular formula is C24H38IN5O2. The maximum absolute atomic E-state index is 5.85. The third kappa shape index (κ3) is 8.04. The number of hydrogen-bond acceptors (Lipinski definition) is 4. The zero-order chi connectivity index (χ0) is 21.9. The van der Waals surface area contributed by atoms with E-state index in [1.807, 2.05) is 29.8 Å². The largest absolute Gasteiger partial charge is 0.381 e. The predicted octanol–water partition coefficient (Wildman–Crippen LogP) is 4.00. The second-order valence-electron chi connectivity index (χ2n) is 8.00. The van der Waals surface area contributed by atoms with E-state index in [1.165, 1.54) is 5.56 Å². The minimum absolute atomic E-state index is 0. The Morgan fingerprint density at radius 2 is 1.94 bits per heavy atom. The Hall–Kier alpha value is -1.65. The Morgan fingerprint density at radius 3 is 2.66 bits per heavy atom. The lowest BCUT2D eigenvalue weighted by Gasteiger charge is -2.21. The summed E-state index contributed by atoms with van der Waals surface area (Å²) in [5, 5.41) is 11.5. The Balaban J connectivity index is 0.00000363. The summed E-state index contributed by atoms with van der Waals surface area (Å²) >= 11 is 0. The summed E-state index contributed by atoms with van der Waals surface area (Å²) in [6.07, 6.45) is 3.20. The van der Waals surface area contributed by atoms with Crippen LogP contribution >= 0.6 is 24.0 Å². The van der Waals surface area contributed by atoms with Crippen LogP contribution in [0.1, 0.15) is 43.1 Å². The van der Waals surface area contributed by atoms with Gasteiger partial charge in [0.05, 0.1) is 17.9 Å². The number of nitrogens with one attached hydrogen (secondary N) is 2. The maximum Gasteiger partial charge on any atom is 0.191 e. The van der Waals surface area contributed by atoms with Gasteiger partial charge in [0.15, 0.2) is 5.96 Å². The average molecular weight is 556 g/mol. The van der Waals surface area contributed by atoms with Gasteiger partial charge in [-0.3, -0.25) is 0 Å². The molecule has 32 heavy (non-hydrogen) atoms. The van der Waals surface area contributed by atoms with Crippen molar-refractivity contribution in [2.45, 2.75) is 46.6 Å². The highest BCUT2D eigenvalue weighted by Crippen LogP contribution is 2.18. The van der Waals surface area contributed by atoms with E-state index >= 15 is 0 Å². The monoisotopic (exact) mass is 555 g/mol.